The van der Waals surface area contributed by atoms with Crippen molar-refractivity contribution in [1.29, 1.82) is 0 Å². The van der Waals surface area contributed by atoms with Crippen LogP contribution in [0, 0.1) is 11.7 Å². The van der Waals surface area contributed by atoms with Gasteiger partial charge >= 0.3 is 12.1 Å². The highest BCUT2D eigenvalue weighted by molar-refractivity contribution is 7.89. The molecule has 1 aromatic heterocycles. The van der Waals surface area contributed by atoms with E-state index in [4.69, 9.17) is 15.6 Å². The number of hydrogen-bond acceptors (Lipinski definition) is 5. The smallest absolute Gasteiger partial charge is 0.475 e. The van der Waals surface area contributed by atoms with Crippen molar-refractivity contribution < 1.29 is 40.7 Å². The number of benzene rings is 2. The number of carboxylic acid groups (broad SMARTS) is 1. The van der Waals surface area contributed by atoms with Crippen LogP contribution in [0.1, 0.15) is 67.9 Å². The molecular formula is C30H38F4N4O5S. The number of fused-ring (bicyclic) bond motifs is 1. The van der Waals surface area contributed by atoms with Gasteiger partial charge in [0.1, 0.15) is 5.82 Å². The zero-order valence-corrected chi connectivity index (χ0v) is 25.8. The predicted octanol–water partition coefficient (Wildman–Crippen LogP) is 5.37. The van der Waals surface area contributed by atoms with Crippen LogP contribution in [0.5, 0.6) is 0 Å². The van der Waals surface area contributed by atoms with E-state index in [1.807, 2.05) is 18.3 Å². The molecule has 1 fully saturated rings. The van der Waals surface area contributed by atoms with E-state index < -0.39 is 28.1 Å². The van der Waals surface area contributed by atoms with Crippen molar-refractivity contribution >= 4 is 32.8 Å². The molecule has 1 aliphatic heterocycles. The molecule has 1 amide bonds. The summed E-state index contributed by atoms with van der Waals surface area (Å²) in [5.74, 6) is -3.04. The molecule has 0 radical (unpaired) electrons. The van der Waals surface area contributed by atoms with E-state index in [0.717, 1.165) is 16.5 Å². The molecule has 3 aromatic rings. The number of carboxylic acids is 1. The SMILES string of the molecule is CCS(=O)(=O)N1CCC(c2c[nH]c3c(C(N)=O)cc(-c4cc(CN[C@@H](C)C(C)C)ccc4F)cc23)CC1.O=C(O)C(F)(F)F. The minimum Gasteiger partial charge on any atom is -0.475 e. The molecule has 0 spiro atoms. The lowest BCUT2D eigenvalue weighted by molar-refractivity contribution is -0.192. The molecule has 1 atom stereocenters. The number of sulfonamides is 1. The van der Waals surface area contributed by atoms with Crippen molar-refractivity contribution in [3.63, 3.8) is 0 Å². The van der Waals surface area contributed by atoms with E-state index in [9.17, 15) is 26.4 Å². The van der Waals surface area contributed by atoms with Crippen molar-refractivity contribution in [1.82, 2.24) is 14.6 Å². The number of carbonyl (C=O) groups is 2. The second-order valence-corrected chi connectivity index (χ2v) is 13.4. The Morgan fingerprint density at radius 1 is 1.14 bits per heavy atom. The zero-order chi connectivity index (χ0) is 33.0. The summed E-state index contributed by atoms with van der Waals surface area (Å²) in [7, 11) is -3.22. The minimum atomic E-state index is -5.08. The molecule has 0 unspecified atom stereocenters. The van der Waals surface area contributed by atoms with Gasteiger partial charge in [0.05, 0.1) is 16.8 Å². The maximum absolute atomic E-state index is 15.1. The quantitative estimate of drug-likeness (QED) is 0.231. The van der Waals surface area contributed by atoms with Crippen LogP contribution in [0.4, 0.5) is 17.6 Å². The Balaban J connectivity index is 0.000000676. The van der Waals surface area contributed by atoms with Gasteiger partial charge in [-0.3, -0.25) is 4.79 Å². The number of rotatable bonds is 9. The van der Waals surface area contributed by atoms with Crippen LogP contribution in [0.25, 0.3) is 22.0 Å². The van der Waals surface area contributed by atoms with E-state index in [0.29, 0.717) is 66.6 Å². The molecular weight excluding hydrogens is 604 g/mol. The van der Waals surface area contributed by atoms with E-state index in [1.54, 1.807) is 23.4 Å². The first-order valence-corrected chi connectivity index (χ1v) is 15.8. The predicted molar refractivity (Wildman–Crippen MR) is 160 cm³/mol. The second-order valence-electron chi connectivity index (χ2n) is 11.2. The van der Waals surface area contributed by atoms with Gasteiger partial charge in [-0.25, -0.2) is 21.9 Å². The minimum absolute atomic E-state index is 0.0899. The first kappa shape index (κ1) is 35.0. The Morgan fingerprint density at radius 3 is 2.27 bits per heavy atom. The van der Waals surface area contributed by atoms with Gasteiger partial charge in [0.15, 0.2) is 0 Å². The molecule has 44 heavy (non-hydrogen) atoms. The highest BCUT2D eigenvalue weighted by atomic mass is 32.2. The van der Waals surface area contributed by atoms with Crippen LogP contribution in [-0.4, -0.2) is 65.8 Å². The zero-order valence-electron chi connectivity index (χ0n) is 25.0. The molecule has 2 aromatic carbocycles. The monoisotopic (exact) mass is 642 g/mol. The Morgan fingerprint density at radius 2 is 1.75 bits per heavy atom. The summed E-state index contributed by atoms with van der Waals surface area (Å²) in [4.78, 5) is 24.5. The van der Waals surface area contributed by atoms with E-state index >= 15 is 4.39 Å². The molecule has 242 valence electrons. The maximum atomic E-state index is 15.1. The average molecular weight is 643 g/mol. The fourth-order valence-electron chi connectivity index (χ4n) is 4.99. The third-order valence-electron chi connectivity index (χ3n) is 7.95. The fraction of sp³-hybridized carbons (Fsp3) is 0.467. The first-order valence-electron chi connectivity index (χ1n) is 14.2. The van der Waals surface area contributed by atoms with Crippen LogP contribution >= 0.6 is 0 Å². The van der Waals surface area contributed by atoms with Gasteiger partial charge in [0.2, 0.25) is 10.0 Å². The van der Waals surface area contributed by atoms with E-state index in [-0.39, 0.29) is 17.5 Å². The van der Waals surface area contributed by atoms with Crippen LogP contribution < -0.4 is 11.1 Å². The number of carbonyl (C=O) groups excluding carboxylic acids is 1. The molecule has 0 aliphatic carbocycles. The van der Waals surface area contributed by atoms with Crippen LogP contribution in [-0.2, 0) is 21.4 Å². The van der Waals surface area contributed by atoms with Crippen molar-refractivity contribution in [2.75, 3.05) is 18.8 Å². The number of H-pyrrole nitrogens is 1. The molecule has 0 saturated carbocycles. The summed E-state index contributed by atoms with van der Waals surface area (Å²) in [6.07, 6.45) is -1.86. The molecule has 9 nitrogen and oxygen atoms in total. The van der Waals surface area contributed by atoms with Gasteiger partial charge < -0.3 is 21.1 Å². The van der Waals surface area contributed by atoms with Crippen molar-refractivity contribution in [3.8, 4) is 11.1 Å². The van der Waals surface area contributed by atoms with E-state index in [2.05, 4.69) is 31.1 Å². The number of piperidine rings is 1. The lowest BCUT2D eigenvalue weighted by atomic mass is 9.88. The number of aliphatic carboxylic acids is 1. The van der Waals surface area contributed by atoms with Gasteiger partial charge in [0, 0.05) is 42.8 Å². The van der Waals surface area contributed by atoms with Crippen molar-refractivity contribution in [3.05, 3.63) is 59.0 Å². The summed E-state index contributed by atoms with van der Waals surface area (Å²) >= 11 is 0. The van der Waals surface area contributed by atoms with Gasteiger partial charge in [-0.1, -0.05) is 19.9 Å². The summed E-state index contributed by atoms with van der Waals surface area (Å²) < 4.78 is 72.9. The summed E-state index contributed by atoms with van der Waals surface area (Å²) in [5.41, 5.74) is 9.61. The number of aromatic nitrogens is 1. The number of halogens is 4. The largest absolute Gasteiger partial charge is 0.490 e. The van der Waals surface area contributed by atoms with Gasteiger partial charge in [-0.05, 0) is 79.5 Å². The molecule has 1 saturated heterocycles. The van der Waals surface area contributed by atoms with Crippen molar-refractivity contribution in [2.24, 2.45) is 11.7 Å². The van der Waals surface area contributed by atoms with Crippen LogP contribution in [0.15, 0.2) is 36.5 Å². The van der Waals surface area contributed by atoms with Gasteiger partial charge in [-0.2, -0.15) is 13.2 Å². The van der Waals surface area contributed by atoms with Crippen LogP contribution in [0.3, 0.4) is 0 Å². The normalized spacial score (nSPS) is 15.7. The number of amides is 1. The molecule has 2 heterocycles. The molecule has 14 heteroatoms. The van der Waals surface area contributed by atoms with Gasteiger partial charge in [-0.15, -0.1) is 0 Å². The highest BCUT2D eigenvalue weighted by Crippen LogP contribution is 2.38. The Bertz CT molecular complexity index is 1600. The van der Waals surface area contributed by atoms with E-state index in [1.165, 1.54) is 6.07 Å². The maximum Gasteiger partial charge on any atom is 0.490 e. The first-order chi connectivity index (χ1) is 20.5. The van der Waals surface area contributed by atoms with Crippen molar-refractivity contribution in [2.45, 2.75) is 65.2 Å². The molecule has 0 bridgehead atoms. The third-order valence-corrected chi connectivity index (χ3v) is 9.83. The Labute approximate surface area is 253 Å². The Hall–Kier alpha value is -3.49. The lowest BCUT2D eigenvalue weighted by Crippen LogP contribution is -2.38. The third kappa shape index (κ3) is 8.36. The second kappa shape index (κ2) is 14.1. The molecule has 4 rings (SSSR count). The standard InChI is InChI=1S/C28H37FN4O3S.C2HF3O2/c1-5-37(35,36)33-10-8-20(9-11-33)25-16-32-27-23(25)13-21(14-24(27)28(30)34)22-12-19(6-7-26(22)29)15-31-18(4)17(2)3;3-2(4,5)1(6)7/h6-7,12-14,16-18,20,31-32H,5,8-11,15H2,1-4H3,(H2,30,34);(H,6,7)/t18-;/m0./s1. The van der Waals surface area contributed by atoms with Gasteiger partial charge in [0.25, 0.3) is 5.91 Å². The number of nitrogens with zero attached hydrogens (tertiary/aromatic N) is 1. The number of hydrogen-bond donors (Lipinski definition) is 4. The highest BCUT2D eigenvalue weighted by Gasteiger charge is 2.38. The lowest BCUT2D eigenvalue weighted by Gasteiger charge is -2.31. The Kier molecular flexibility index (Phi) is 11.2. The fourth-order valence-corrected chi connectivity index (χ4v) is 6.12. The average Bonchev–Trinajstić information content (AvgIpc) is 3.39. The summed E-state index contributed by atoms with van der Waals surface area (Å²) in [6.45, 7) is 9.58. The summed E-state index contributed by atoms with van der Waals surface area (Å²) in [5, 5.41) is 11.4. The topological polar surface area (TPSA) is 146 Å². The number of nitrogens with one attached hydrogen (secondary N) is 2. The number of primary amides is 1. The molecule has 1 aliphatic rings. The number of aromatic amines is 1. The molecule has 5 N–H and O–H groups in total. The van der Waals surface area contributed by atoms with Crippen LogP contribution in [0.2, 0.25) is 0 Å². The summed E-state index contributed by atoms with van der Waals surface area (Å²) in [6, 6.07) is 8.92. The number of nitrogens with two attached hydrogens (primary N) is 1. The number of alkyl halides is 3.